The minimum atomic E-state index is -0.319. The van der Waals surface area contributed by atoms with Crippen molar-refractivity contribution >= 4 is 23.2 Å². The molecule has 160 valence electrons. The van der Waals surface area contributed by atoms with Crippen molar-refractivity contribution < 1.29 is 9.53 Å². The molecule has 7 nitrogen and oxygen atoms in total. The second kappa shape index (κ2) is 9.47. The molecule has 0 radical (unpaired) electrons. The second-order valence-electron chi connectivity index (χ2n) is 7.83. The van der Waals surface area contributed by atoms with Crippen molar-refractivity contribution in [2.45, 2.75) is 19.8 Å². The average molecular weight is 418 g/mol. The Morgan fingerprint density at radius 3 is 2.39 bits per heavy atom. The zero-order chi connectivity index (χ0) is 21.6. The van der Waals surface area contributed by atoms with Crippen LogP contribution in [0.1, 0.15) is 19.8 Å². The molecule has 4 rings (SSSR count). The van der Waals surface area contributed by atoms with E-state index in [1.807, 2.05) is 48.5 Å². The number of carbonyl (C=O) groups excluding carboxylic acids is 1. The van der Waals surface area contributed by atoms with Gasteiger partial charge in [-0.1, -0.05) is 25.1 Å². The molecule has 2 amide bonds. The zero-order valence-electron chi connectivity index (χ0n) is 17.8. The van der Waals surface area contributed by atoms with Crippen LogP contribution in [-0.2, 0) is 0 Å². The van der Waals surface area contributed by atoms with Crippen molar-refractivity contribution in [1.29, 1.82) is 0 Å². The first-order valence-corrected chi connectivity index (χ1v) is 10.5. The van der Waals surface area contributed by atoms with E-state index in [-0.39, 0.29) is 6.03 Å². The maximum absolute atomic E-state index is 12.3. The van der Waals surface area contributed by atoms with E-state index in [4.69, 9.17) is 4.74 Å². The first-order chi connectivity index (χ1) is 15.1. The maximum Gasteiger partial charge on any atom is 0.323 e. The smallest absolute Gasteiger partial charge is 0.323 e. The summed E-state index contributed by atoms with van der Waals surface area (Å²) < 4.78 is 5.17. The Hall–Kier alpha value is -3.61. The number of piperidine rings is 1. The Morgan fingerprint density at radius 2 is 1.71 bits per heavy atom. The van der Waals surface area contributed by atoms with Gasteiger partial charge in [0.2, 0.25) is 0 Å². The lowest BCUT2D eigenvalue weighted by Gasteiger charge is -2.30. The van der Waals surface area contributed by atoms with E-state index in [0.717, 1.165) is 36.1 Å². The van der Waals surface area contributed by atoms with Gasteiger partial charge >= 0.3 is 6.03 Å². The molecule has 3 aromatic rings. The van der Waals surface area contributed by atoms with Crippen LogP contribution in [0.25, 0.3) is 11.3 Å². The van der Waals surface area contributed by atoms with E-state index in [2.05, 4.69) is 32.7 Å². The van der Waals surface area contributed by atoms with Gasteiger partial charge in [-0.05, 0) is 55.2 Å². The number of ether oxygens (including phenoxy) is 1. The molecule has 1 aliphatic heterocycles. The molecule has 1 aliphatic rings. The van der Waals surface area contributed by atoms with Crippen LogP contribution in [0, 0.1) is 5.92 Å². The number of hydrogen-bond acceptors (Lipinski definition) is 5. The minimum absolute atomic E-state index is 0.319. The number of methoxy groups -OCH3 is 1. The highest BCUT2D eigenvalue weighted by Gasteiger charge is 2.17. The summed E-state index contributed by atoms with van der Waals surface area (Å²) in [5, 5.41) is 14.4. The number of urea groups is 1. The topological polar surface area (TPSA) is 79.4 Å². The van der Waals surface area contributed by atoms with Crippen molar-refractivity contribution in [2.75, 3.05) is 35.7 Å². The average Bonchev–Trinajstić information content (AvgIpc) is 2.80. The highest BCUT2D eigenvalue weighted by Crippen LogP contribution is 2.24. The summed E-state index contributed by atoms with van der Waals surface area (Å²) in [6.07, 6.45) is 2.40. The van der Waals surface area contributed by atoms with Crippen LogP contribution >= 0.6 is 0 Å². The van der Waals surface area contributed by atoms with Gasteiger partial charge < -0.3 is 20.3 Å². The first kappa shape index (κ1) is 20.7. The quantitative estimate of drug-likeness (QED) is 0.608. The van der Waals surface area contributed by atoms with Gasteiger partial charge in [-0.25, -0.2) is 4.79 Å². The predicted molar refractivity (Wildman–Crippen MR) is 124 cm³/mol. The molecule has 0 atom stereocenters. The molecule has 7 heteroatoms. The SMILES string of the molecule is COc1cccc(NC(=O)Nc2ccc(-c3ccc(N4CCC(C)CC4)nn3)cc2)c1. The molecule has 0 bridgehead atoms. The molecule has 1 saturated heterocycles. The number of rotatable bonds is 5. The maximum atomic E-state index is 12.3. The van der Waals surface area contributed by atoms with Gasteiger partial charge in [0, 0.05) is 36.1 Å². The summed E-state index contributed by atoms with van der Waals surface area (Å²) in [6.45, 7) is 4.37. The van der Waals surface area contributed by atoms with Gasteiger partial charge in [-0.15, -0.1) is 10.2 Å². The first-order valence-electron chi connectivity index (χ1n) is 10.5. The standard InChI is InChI=1S/C24H27N5O2/c1-17-12-14-29(15-13-17)23-11-10-22(27-28-23)18-6-8-19(9-7-18)25-24(30)26-20-4-3-5-21(16-20)31-2/h3-11,16-17H,12-15H2,1-2H3,(H2,25,26,30). The van der Waals surface area contributed by atoms with Crippen molar-refractivity contribution in [3.63, 3.8) is 0 Å². The van der Waals surface area contributed by atoms with E-state index < -0.39 is 0 Å². The summed E-state index contributed by atoms with van der Waals surface area (Å²) in [6, 6.07) is 18.5. The van der Waals surface area contributed by atoms with E-state index in [1.165, 1.54) is 12.8 Å². The monoisotopic (exact) mass is 417 g/mol. The molecular formula is C24H27N5O2. The lowest BCUT2D eigenvalue weighted by molar-refractivity contribution is 0.262. The normalized spacial score (nSPS) is 14.2. The lowest BCUT2D eigenvalue weighted by Crippen LogP contribution is -2.33. The van der Waals surface area contributed by atoms with Crippen LogP contribution in [0.2, 0.25) is 0 Å². The van der Waals surface area contributed by atoms with Crippen molar-refractivity contribution in [1.82, 2.24) is 10.2 Å². The molecule has 0 spiro atoms. The molecule has 2 N–H and O–H groups in total. The van der Waals surface area contributed by atoms with Gasteiger partial charge in [-0.2, -0.15) is 0 Å². The number of nitrogens with one attached hydrogen (secondary N) is 2. The molecular weight excluding hydrogens is 390 g/mol. The highest BCUT2D eigenvalue weighted by molar-refractivity contribution is 5.99. The predicted octanol–water partition coefficient (Wildman–Crippen LogP) is 5.03. The Kier molecular flexibility index (Phi) is 6.31. The number of benzene rings is 2. The summed E-state index contributed by atoms with van der Waals surface area (Å²) in [5.74, 6) is 2.40. The second-order valence-corrected chi connectivity index (χ2v) is 7.83. The van der Waals surface area contributed by atoms with E-state index in [1.54, 1.807) is 19.2 Å². The van der Waals surface area contributed by atoms with Crippen molar-refractivity contribution in [3.8, 4) is 17.0 Å². The fourth-order valence-corrected chi connectivity index (χ4v) is 3.60. The number of anilines is 3. The number of hydrogen-bond donors (Lipinski definition) is 2. The molecule has 0 aliphatic carbocycles. The number of carbonyl (C=O) groups is 1. The van der Waals surface area contributed by atoms with E-state index in [9.17, 15) is 4.79 Å². The van der Waals surface area contributed by atoms with E-state index in [0.29, 0.717) is 17.1 Å². The summed E-state index contributed by atoms with van der Waals surface area (Å²) in [7, 11) is 1.59. The zero-order valence-corrected chi connectivity index (χ0v) is 17.8. The third-order valence-corrected chi connectivity index (χ3v) is 5.52. The van der Waals surface area contributed by atoms with Crippen LogP contribution in [0.3, 0.4) is 0 Å². The fourth-order valence-electron chi connectivity index (χ4n) is 3.60. The Labute approximate surface area is 182 Å². The minimum Gasteiger partial charge on any atom is -0.497 e. The van der Waals surface area contributed by atoms with Crippen molar-refractivity contribution in [3.05, 3.63) is 60.7 Å². The number of aromatic nitrogens is 2. The summed E-state index contributed by atoms with van der Waals surface area (Å²) in [4.78, 5) is 14.6. The molecule has 1 aromatic heterocycles. The van der Waals surface area contributed by atoms with Crippen molar-refractivity contribution in [2.24, 2.45) is 5.92 Å². The van der Waals surface area contributed by atoms with Gasteiger partial charge in [0.15, 0.2) is 5.82 Å². The van der Waals surface area contributed by atoms with Gasteiger partial charge in [0.1, 0.15) is 5.75 Å². The van der Waals surface area contributed by atoms with Gasteiger partial charge in [-0.3, -0.25) is 0 Å². The lowest BCUT2D eigenvalue weighted by atomic mass is 9.99. The van der Waals surface area contributed by atoms with Crippen LogP contribution in [-0.4, -0.2) is 36.4 Å². The van der Waals surface area contributed by atoms with Crippen LogP contribution < -0.4 is 20.3 Å². The van der Waals surface area contributed by atoms with Crippen LogP contribution in [0.5, 0.6) is 5.75 Å². The van der Waals surface area contributed by atoms with Gasteiger partial charge in [0.05, 0.1) is 12.8 Å². The number of nitrogens with zero attached hydrogens (tertiary/aromatic N) is 3. The third kappa shape index (κ3) is 5.31. The summed E-state index contributed by atoms with van der Waals surface area (Å²) >= 11 is 0. The van der Waals surface area contributed by atoms with E-state index >= 15 is 0 Å². The Bertz CT molecular complexity index is 1010. The van der Waals surface area contributed by atoms with Crippen LogP contribution in [0.15, 0.2) is 60.7 Å². The molecule has 2 heterocycles. The summed E-state index contributed by atoms with van der Waals surface area (Å²) in [5.41, 5.74) is 3.11. The third-order valence-electron chi connectivity index (χ3n) is 5.52. The molecule has 0 unspecified atom stereocenters. The molecule has 0 saturated carbocycles. The molecule has 1 fully saturated rings. The van der Waals surface area contributed by atoms with Gasteiger partial charge in [0.25, 0.3) is 0 Å². The highest BCUT2D eigenvalue weighted by atomic mass is 16.5. The number of amides is 2. The van der Waals surface area contributed by atoms with Crippen LogP contribution in [0.4, 0.5) is 22.0 Å². The molecule has 31 heavy (non-hydrogen) atoms. The molecule has 2 aromatic carbocycles. The fraction of sp³-hybridized carbons (Fsp3) is 0.292. The Morgan fingerprint density at radius 1 is 0.968 bits per heavy atom. The largest absolute Gasteiger partial charge is 0.497 e. The Balaban J connectivity index is 1.36.